The van der Waals surface area contributed by atoms with Gasteiger partial charge in [0.15, 0.2) is 0 Å². The lowest BCUT2D eigenvalue weighted by molar-refractivity contribution is -0.117. The molecular weight excluding hydrogens is 292 g/mol. The highest BCUT2D eigenvalue weighted by Gasteiger charge is 2.25. The lowest BCUT2D eigenvalue weighted by atomic mass is 10.2. The highest BCUT2D eigenvalue weighted by molar-refractivity contribution is 5.97. The fraction of sp³-hybridized carbons (Fsp3) is 0.529. The van der Waals surface area contributed by atoms with Gasteiger partial charge in [-0.25, -0.2) is 4.79 Å². The Kier molecular flexibility index (Phi) is 4.69. The van der Waals surface area contributed by atoms with Crippen LogP contribution in [0.5, 0.6) is 0 Å². The van der Waals surface area contributed by atoms with Crippen LogP contribution < -0.4 is 20.9 Å². The molecule has 3 N–H and O–H groups in total. The number of carbonyl (C=O) groups excluding carboxylic acids is 2. The minimum Gasteiger partial charge on any atom is -0.371 e. The molecule has 1 aromatic carbocycles. The van der Waals surface area contributed by atoms with Crippen LogP contribution in [0.25, 0.3) is 0 Å². The topological polar surface area (TPSA) is 73.5 Å². The van der Waals surface area contributed by atoms with E-state index in [1.807, 2.05) is 18.2 Å². The van der Waals surface area contributed by atoms with Crippen molar-refractivity contribution in [1.29, 1.82) is 0 Å². The number of nitrogens with one attached hydrogen (secondary N) is 3. The molecule has 1 saturated carbocycles. The molecule has 124 valence electrons. The zero-order valence-electron chi connectivity index (χ0n) is 13.5. The van der Waals surface area contributed by atoms with Crippen LogP contribution >= 0.6 is 0 Å². The summed E-state index contributed by atoms with van der Waals surface area (Å²) in [7, 11) is 0. The normalized spacial score (nSPS) is 18.4. The number of amides is 3. The number of urea groups is 1. The molecular formula is C17H24N4O2. The van der Waals surface area contributed by atoms with Crippen LogP contribution in [0, 0.1) is 0 Å². The lowest BCUT2D eigenvalue weighted by Crippen LogP contribution is -2.46. The highest BCUT2D eigenvalue weighted by Crippen LogP contribution is 2.23. The van der Waals surface area contributed by atoms with Gasteiger partial charge in [-0.1, -0.05) is 6.07 Å². The average Bonchev–Trinajstić information content (AvgIpc) is 3.16. The van der Waals surface area contributed by atoms with Crippen molar-refractivity contribution in [3.8, 4) is 0 Å². The number of carbonyl (C=O) groups is 2. The van der Waals surface area contributed by atoms with Crippen molar-refractivity contribution >= 4 is 23.3 Å². The summed E-state index contributed by atoms with van der Waals surface area (Å²) in [6, 6.07) is 7.29. The van der Waals surface area contributed by atoms with Gasteiger partial charge in [0.1, 0.15) is 6.04 Å². The van der Waals surface area contributed by atoms with E-state index in [2.05, 4.69) is 26.9 Å². The Labute approximate surface area is 136 Å². The monoisotopic (exact) mass is 316 g/mol. The van der Waals surface area contributed by atoms with Gasteiger partial charge in [-0.3, -0.25) is 4.79 Å². The smallest absolute Gasteiger partial charge is 0.315 e. The summed E-state index contributed by atoms with van der Waals surface area (Å²) in [4.78, 5) is 26.2. The number of hydrogen-bond donors (Lipinski definition) is 3. The Bertz CT molecular complexity index is 580. The van der Waals surface area contributed by atoms with E-state index in [0.717, 1.165) is 37.3 Å². The molecule has 1 aliphatic carbocycles. The van der Waals surface area contributed by atoms with Crippen LogP contribution in [0.1, 0.15) is 32.6 Å². The van der Waals surface area contributed by atoms with Gasteiger partial charge >= 0.3 is 6.03 Å². The first kappa shape index (κ1) is 15.6. The Balaban J connectivity index is 1.53. The molecule has 1 aromatic rings. The van der Waals surface area contributed by atoms with Crippen molar-refractivity contribution in [2.75, 3.05) is 23.3 Å². The first-order valence-corrected chi connectivity index (χ1v) is 8.35. The molecule has 1 aliphatic heterocycles. The van der Waals surface area contributed by atoms with Gasteiger partial charge in [-0.05, 0) is 50.8 Å². The van der Waals surface area contributed by atoms with Crippen molar-refractivity contribution in [3.63, 3.8) is 0 Å². The zero-order valence-corrected chi connectivity index (χ0v) is 13.5. The maximum absolute atomic E-state index is 12.2. The molecule has 6 heteroatoms. The summed E-state index contributed by atoms with van der Waals surface area (Å²) in [5, 5.41) is 8.35. The standard InChI is InChI=1S/C17H24N4O2/c1-12(18-17(23)20-13-7-8-13)16(22)19-14-5-4-6-15(11-14)21-9-2-3-10-21/h4-6,11-13H,2-3,7-10H2,1H3,(H,19,22)(H2,18,20,23)/t12-/m1/s1. The second-order valence-corrected chi connectivity index (χ2v) is 6.35. The number of benzene rings is 1. The molecule has 3 rings (SSSR count). The van der Waals surface area contributed by atoms with Crippen LogP contribution in [-0.2, 0) is 4.79 Å². The van der Waals surface area contributed by atoms with Crippen LogP contribution in [0.2, 0.25) is 0 Å². The summed E-state index contributed by atoms with van der Waals surface area (Å²) in [6.45, 7) is 3.82. The molecule has 0 aromatic heterocycles. The largest absolute Gasteiger partial charge is 0.371 e. The number of anilines is 2. The Morgan fingerprint density at radius 2 is 1.96 bits per heavy atom. The SMILES string of the molecule is C[C@@H](NC(=O)NC1CC1)C(=O)Nc1cccc(N2CCCC2)c1. The number of hydrogen-bond acceptors (Lipinski definition) is 3. The lowest BCUT2D eigenvalue weighted by Gasteiger charge is -2.19. The summed E-state index contributed by atoms with van der Waals surface area (Å²) in [5.41, 5.74) is 1.89. The van der Waals surface area contributed by atoms with Gasteiger partial charge in [0.25, 0.3) is 0 Å². The van der Waals surface area contributed by atoms with E-state index >= 15 is 0 Å². The Morgan fingerprint density at radius 3 is 2.65 bits per heavy atom. The molecule has 2 fully saturated rings. The maximum Gasteiger partial charge on any atom is 0.315 e. The first-order valence-electron chi connectivity index (χ1n) is 8.35. The Morgan fingerprint density at radius 1 is 1.22 bits per heavy atom. The molecule has 0 radical (unpaired) electrons. The van der Waals surface area contributed by atoms with Crippen molar-refractivity contribution in [3.05, 3.63) is 24.3 Å². The van der Waals surface area contributed by atoms with E-state index in [4.69, 9.17) is 0 Å². The summed E-state index contributed by atoms with van der Waals surface area (Å²) in [5.74, 6) is -0.213. The fourth-order valence-corrected chi connectivity index (χ4v) is 2.72. The van der Waals surface area contributed by atoms with Crippen LogP contribution in [0.15, 0.2) is 24.3 Å². The van der Waals surface area contributed by atoms with Gasteiger partial charge in [0.05, 0.1) is 0 Å². The van der Waals surface area contributed by atoms with Gasteiger partial charge in [-0.2, -0.15) is 0 Å². The third-order valence-electron chi connectivity index (χ3n) is 4.24. The van der Waals surface area contributed by atoms with Crippen molar-refractivity contribution in [2.24, 2.45) is 0 Å². The maximum atomic E-state index is 12.2. The van der Waals surface area contributed by atoms with Crippen LogP contribution in [0.3, 0.4) is 0 Å². The van der Waals surface area contributed by atoms with Crippen molar-refractivity contribution in [2.45, 2.75) is 44.7 Å². The van der Waals surface area contributed by atoms with E-state index in [-0.39, 0.29) is 18.0 Å². The van der Waals surface area contributed by atoms with E-state index in [1.54, 1.807) is 6.92 Å². The zero-order chi connectivity index (χ0) is 16.2. The van der Waals surface area contributed by atoms with Gasteiger partial charge in [0, 0.05) is 30.5 Å². The number of nitrogens with zero attached hydrogens (tertiary/aromatic N) is 1. The van der Waals surface area contributed by atoms with Crippen LogP contribution in [0.4, 0.5) is 16.2 Å². The van der Waals surface area contributed by atoms with E-state index in [1.165, 1.54) is 12.8 Å². The minimum absolute atomic E-state index is 0.213. The molecule has 1 saturated heterocycles. The van der Waals surface area contributed by atoms with Gasteiger partial charge in [-0.15, -0.1) is 0 Å². The van der Waals surface area contributed by atoms with Gasteiger partial charge < -0.3 is 20.9 Å². The molecule has 6 nitrogen and oxygen atoms in total. The molecule has 0 spiro atoms. The molecule has 1 heterocycles. The van der Waals surface area contributed by atoms with E-state index in [9.17, 15) is 9.59 Å². The second-order valence-electron chi connectivity index (χ2n) is 6.35. The average molecular weight is 316 g/mol. The quantitative estimate of drug-likeness (QED) is 0.778. The van der Waals surface area contributed by atoms with Crippen LogP contribution in [-0.4, -0.2) is 37.1 Å². The predicted octanol–water partition coefficient (Wildman–Crippen LogP) is 2.08. The fourth-order valence-electron chi connectivity index (χ4n) is 2.72. The summed E-state index contributed by atoms with van der Waals surface area (Å²) < 4.78 is 0. The Hall–Kier alpha value is -2.24. The third kappa shape index (κ3) is 4.37. The predicted molar refractivity (Wildman–Crippen MR) is 90.7 cm³/mol. The van der Waals surface area contributed by atoms with Gasteiger partial charge in [0.2, 0.25) is 5.91 Å². The molecule has 0 bridgehead atoms. The van der Waals surface area contributed by atoms with Crippen molar-refractivity contribution in [1.82, 2.24) is 10.6 Å². The number of rotatable bonds is 5. The molecule has 23 heavy (non-hydrogen) atoms. The van der Waals surface area contributed by atoms with Crippen molar-refractivity contribution < 1.29 is 9.59 Å². The summed E-state index contributed by atoms with van der Waals surface area (Å²) in [6.07, 6.45) is 4.48. The molecule has 3 amide bonds. The minimum atomic E-state index is -0.579. The first-order chi connectivity index (χ1) is 11.1. The molecule has 0 unspecified atom stereocenters. The van der Waals surface area contributed by atoms with E-state index in [0.29, 0.717) is 0 Å². The molecule has 2 aliphatic rings. The second kappa shape index (κ2) is 6.89. The molecule has 1 atom stereocenters. The third-order valence-corrected chi connectivity index (χ3v) is 4.24. The van der Waals surface area contributed by atoms with E-state index < -0.39 is 6.04 Å². The highest BCUT2D eigenvalue weighted by atomic mass is 16.2. The summed E-state index contributed by atoms with van der Waals surface area (Å²) >= 11 is 0.